The molecule has 4 aliphatic rings. The summed E-state index contributed by atoms with van der Waals surface area (Å²) >= 11 is 6.19. The number of hydrogen-bond donors (Lipinski definition) is 0. The molecular weight excluding hydrogens is 468 g/mol. The van der Waals surface area contributed by atoms with Gasteiger partial charge in [-0.1, -0.05) is 17.7 Å². The van der Waals surface area contributed by atoms with Gasteiger partial charge in [0.25, 0.3) is 0 Å². The summed E-state index contributed by atoms with van der Waals surface area (Å²) in [7, 11) is 0. The Balaban J connectivity index is 1.12. The number of carbonyl (C=O) groups is 4. The van der Waals surface area contributed by atoms with Crippen LogP contribution in [0.3, 0.4) is 0 Å². The van der Waals surface area contributed by atoms with Crippen molar-refractivity contribution < 1.29 is 23.9 Å². The molecule has 5 atom stereocenters. The van der Waals surface area contributed by atoms with Crippen LogP contribution in [0, 0.1) is 36.5 Å². The third kappa shape index (κ3) is 3.56. The lowest BCUT2D eigenvalue weighted by molar-refractivity contribution is -0.139. The molecule has 0 radical (unpaired) electrons. The Morgan fingerprint density at radius 3 is 2.20 bits per heavy atom. The van der Waals surface area contributed by atoms with E-state index in [1.165, 1.54) is 4.90 Å². The minimum Gasteiger partial charge on any atom is -0.426 e. The molecule has 2 aromatic rings. The average Bonchev–Trinajstić information content (AvgIpc) is 3.60. The second-order valence-corrected chi connectivity index (χ2v) is 10.6. The Bertz CT molecular complexity index is 1230. The lowest BCUT2D eigenvalue weighted by atomic mass is 9.81. The van der Waals surface area contributed by atoms with Gasteiger partial charge in [0.05, 0.1) is 23.4 Å². The Hall–Kier alpha value is -3.19. The molecule has 180 valence electrons. The van der Waals surface area contributed by atoms with Crippen LogP contribution in [-0.4, -0.2) is 30.2 Å². The van der Waals surface area contributed by atoms with Crippen LogP contribution in [-0.2, 0) is 19.2 Å². The van der Waals surface area contributed by atoms with Crippen molar-refractivity contribution in [3.63, 3.8) is 0 Å². The van der Waals surface area contributed by atoms with Crippen molar-refractivity contribution in [1.82, 2.24) is 0 Å². The minimum absolute atomic E-state index is 0.0598. The molecule has 2 aliphatic carbocycles. The molecule has 0 unspecified atom stereocenters. The van der Waals surface area contributed by atoms with E-state index in [2.05, 4.69) is 0 Å². The molecular formula is C27H25ClN2O5. The van der Waals surface area contributed by atoms with Crippen molar-refractivity contribution >= 4 is 46.7 Å². The normalized spacial score (nSPS) is 29.3. The predicted molar refractivity (Wildman–Crippen MR) is 129 cm³/mol. The van der Waals surface area contributed by atoms with Crippen LogP contribution in [0.1, 0.15) is 31.2 Å². The van der Waals surface area contributed by atoms with E-state index in [9.17, 15) is 19.2 Å². The number of rotatable bonds is 4. The van der Waals surface area contributed by atoms with Gasteiger partial charge in [-0.15, -0.1) is 0 Å². The van der Waals surface area contributed by atoms with E-state index in [1.807, 2.05) is 19.1 Å². The van der Waals surface area contributed by atoms with Crippen LogP contribution in [0.15, 0.2) is 42.5 Å². The smallest absolute Gasteiger partial charge is 0.316 e. The van der Waals surface area contributed by atoms with E-state index < -0.39 is 11.9 Å². The first-order chi connectivity index (χ1) is 16.8. The molecule has 2 saturated carbocycles. The molecule has 2 saturated heterocycles. The third-order valence-electron chi connectivity index (χ3n) is 8.17. The van der Waals surface area contributed by atoms with Gasteiger partial charge in [-0.2, -0.15) is 0 Å². The van der Waals surface area contributed by atoms with Gasteiger partial charge in [0.2, 0.25) is 17.7 Å². The summed E-state index contributed by atoms with van der Waals surface area (Å²) in [4.78, 5) is 54.2. The van der Waals surface area contributed by atoms with Crippen molar-refractivity contribution in [2.75, 3.05) is 16.3 Å². The zero-order chi connectivity index (χ0) is 24.4. The van der Waals surface area contributed by atoms with Gasteiger partial charge in [0.1, 0.15) is 5.75 Å². The fraction of sp³-hybridized carbons (Fsp3) is 0.407. The molecule has 0 aromatic heterocycles. The monoisotopic (exact) mass is 492 g/mol. The van der Waals surface area contributed by atoms with E-state index in [1.54, 1.807) is 35.2 Å². The number of aryl methyl sites for hydroxylation is 1. The number of hydrogen-bond acceptors (Lipinski definition) is 5. The maximum atomic E-state index is 13.0. The number of esters is 1. The lowest BCUT2D eigenvalue weighted by Gasteiger charge is -2.19. The molecule has 2 aliphatic heterocycles. The molecule has 0 N–H and O–H groups in total. The van der Waals surface area contributed by atoms with Crippen molar-refractivity contribution in [2.45, 2.75) is 32.6 Å². The second kappa shape index (κ2) is 8.19. The number of halogens is 1. The molecule has 7 nitrogen and oxygen atoms in total. The summed E-state index contributed by atoms with van der Waals surface area (Å²) in [5.41, 5.74) is 2.07. The summed E-state index contributed by atoms with van der Waals surface area (Å²) in [6.45, 7) is 2.10. The summed E-state index contributed by atoms with van der Waals surface area (Å²) in [6, 6.07) is 11.8. The van der Waals surface area contributed by atoms with E-state index in [0.29, 0.717) is 34.0 Å². The van der Waals surface area contributed by atoms with Crippen molar-refractivity contribution in [1.29, 1.82) is 0 Å². The van der Waals surface area contributed by atoms with Gasteiger partial charge in [0, 0.05) is 23.7 Å². The van der Waals surface area contributed by atoms with Crippen LogP contribution in [0.25, 0.3) is 0 Å². The van der Waals surface area contributed by atoms with Gasteiger partial charge in [-0.25, -0.2) is 0 Å². The topological polar surface area (TPSA) is 84.0 Å². The van der Waals surface area contributed by atoms with Crippen LogP contribution < -0.4 is 14.5 Å². The number of ether oxygens (including phenoxy) is 1. The van der Waals surface area contributed by atoms with Gasteiger partial charge in [-0.05, 0) is 80.0 Å². The number of imide groups is 1. The Morgan fingerprint density at radius 1 is 0.943 bits per heavy atom. The summed E-state index contributed by atoms with van der Waals surface area (Å²) < 4.78 is 5.53. The molecule has 2 bridgehead atoms. The Labute approximate surface area is 208 Å². The number of nitrogens with zero attached hydrogens (tertiary/aromatic N) is 2. The SMILES string of the molecule is Cc1ccc(N2C[C@H](C(=O)Oc3ccc(N4C(=O)[C@H]5[C@H]6CC[C@@H](C6)[C@@H]5C4=O)cc3)CC2=O)cc1Cl. The number of fused-ring (bicyclic) bond motifs is 5. The molecule has 35 heavy (non-hydrogen) atoms. The first kappa shape index (κ1) is 22.3. The number of carbonyl (C=O) groups excluding carboxylic acids is 4. The fourth-order valence-corrected chi connectivity index (χ4v) is 6.57. The molecule has 4 fully saturated rings. The second-order valence-electron chi connectivity index (χ2n) is 10.2. The highest BCUT2D eigenvalue weighted by molar-refractivity contribution is 6.31. The molecule has 2 aromatic carbocycles. The highest BCUT2D eigenvalue weighted by Crippen LogP contribution is 2.56. The van der Waals surface area contributed by atoms with E-state index in [0.717, 1.165) is 24.8 Å². The molecule has 3 amide bonds. The van der Waals surface area contributed by atoms with Crippen LogP contribution in [0.4, 0.5) is 11.4 Å². The highest BCUT2D eigenvalue weighted by atomic mass is 35.5. The Morgan fingerprint density at radius 2 is 1.57 bits per heavy atom. The van der Waals surface area contributed by atoms with Crippen molar-refractivity contribution in [3.8, 4) is 5.75 Å². The number of amides is 3. The van der Waals surface area contributed by atoms with Crippen LogP contribution >= 0.6 is 11.6 Å². The molecule has 8 heteroatoms. The average molecular weight is 493 g/mol. The summed E-state index contributed by atoms with van der Waals surface area (Å²) in [5.74, 6) is -0.835. The van der Waals surface area contributed by atoms with E-state index in [4.69, 9.17) is 16.3 Å². The largest absolute Gasteiger partial charge is 0.426 e. The molecule has 0 spiro atoms. The first-order valence-electron chi connectivity index (χ1n) is 12.1. The van der Waals surface area contributed by atoms with Gasteiger partial charge >= 0.3 is 5.97 Å². The quantitative estimate of drug-likeness (QED) is 0.364. The minimum atomic E-state index is -0.598. The zero-order valence-corrected chi connectivity index (χ0v) is 20.0. The van der Waals surface area contributed by atoms with Crippen LogP contribution in [0.2, 0.25) is 5.02 Å². The maximum Gasteiger partial charge on any atom is 0.316 e. The molecule has 2 heterocycles. The van der Waals surface area contributed by atoms with Gasteiger partial charge in [-0.3, -0.25) is 24.1 Å². The first-order valence-corrected chi connectivity index (χ1v) is 12.5. The van der Waals surface area contributed by atoms with Crippen molar-refractivity contribution in [2.24, 2.45) is 29.6 Å². The molecule has 6 rings (SSSR count). The van der Waals surface area contributed by atoms with Gasteiger partial charge in [0.15, 0.2) is 0 Å². The number of anilines is 2. The zero-order valence-electron chi connectivity index (χ0n) is 19.3. The van der Waals surface area contributed by atoms with Crippen LogP contribution in [0.5, 0.6) is 5.75 Å². The van der Waals surface area contributed by atoms with E-state index >= 15 is 0 Å². The Kier molecular flexibility index (Phi) is 5.22. The number of benzene rings is 2. The fourth-order valence-electron chi connectivity index (χ4n) is 6.39. The highest BCUT2D eigenvalue weighted by Gasteiger charge is 2.61. The van der Waals surface area contributed by atoms with Gasteiger partial charge < -0.3 is 9.64 Å². The van der Waals surface area contributed by atoms with Crippen molar-refractivity contribution in [3.05, 3.63) is 53.1 Å². The summed E-state index contributed by atoms with van der Waals surface area (Å²) in [5, 5.41) is 0.563. The van der Waals surface area contributed by atoms with E-state index in [-0.39, 0.29) is 42.5 Å². The standard InChI is InChI=1S/C27H25ClN2O5/c1-14-2-5-19(12-21(14)28)29-13-17(11-22(29)31)27(34)35-20-8-6-18(7-9-20)30-25(32)23-15-3-4-16(10-15)24(23)26(30)33/h2,5-9,12,15-17,23-24H,3-4,10-11,13H2,1H3/t15-,16-,17+,23-,24-/m0/s1. The third-order valence-corrected chi connectivity index (χ3v) is 8.57. The lowest BCUT2D eigenvalue weighted by Crippen LogP contribution is -2.32. The maximum absolute atomic E-state index is 13.0. The summed E-state index contributed by atoms with van der Waals surface area (Å²) in [6.07, 6.45) is 3.12. The predicted octanol–water partition coefficient (Wildman–Crippen LogP) is 4.14.